The summed E-state index contributed by atoms with van der Waals surface area (Å²) in [4.78, 5) is 6.62. The number of anilines is 1. The van der Waals surface area contributed by atoms with Gasteiger partial charge in [-0.05, 0) is 6.07 Å². The van der Waals surface area contributed by atoms with Gasteiger partial charge in [-0.2, -0.15) is 5.10 Å². The Hall–Kier alpha value is -1.33. The first-order valence-electron chi connectivity index (χ1n) is 5.45. The summed E-state index contributed by atoms with van der Waals surface area (Å²) in [7, 11) is 1.69. The molecule has 0 aliphatic carbocycles. The molecule has 0 aliphatic heterocycles. The van der Waals surface area contributed by atoms with E-state index in [1.807, 2.05) is 18.3 Å². The molecule has 2 aromatic heterocycles. The number of alkyl halides is 1. The van der Waals surface area contributed by atoms with E-state index in [4.69, 9.17) is 16.3 Å². The van der Waals surface area contributed by atoms with E-state index in [9.17, 15) is 0 Å². The molecule has 2 aromatic rings. The number of fused-ring (bicyclic) bond motifs is 1. The summed E-state index contributed by atoms with van der Waals surface area (Å²) >= 11 is 5.79. The van der Waals surface area contributed by atoms with E-state index in [0.717, 1.165) is 24.6 Å². The van der Waals surface area contributed by atoms with E-state index < -0.39 is 0 Å². The van der Waals surface area contributed by atoms with Crippen LogP contribution in [-0.2, 0) is 4.74 Å². The topological polar surface area (TPSA) is 42.7 Å². The molecule has 5 nitrogen and oxygen atoms in total. The van der Waals surface area contributed by atoms with Crippen molar-refractivity contribution in [2.75, 3.05) is 37.6 Å². The van der Waals surface area contributed by atoms with Gasteiger partial charge in [0.1, 0.15) is 5.82 Å². The molecule has 0 amide bonds. The van der Waals surface area contributed by atoms with Gasteiger partial charge in [0.15, 0.2) is 5.65 Å². The van der Waals surface area contributed by atoms with Crippen LogP contribution in [0.2, 0.25) is 0 Å². The third-order valence-corrected chi connectivity index (χ3v) is 2.66. The van der Waals surface area contributed by atoms with E-state index in [0.29, 0.717) is 12.5 Å². The smallest absolute Gasteiger partial charge is 0.157 e. The molecule has 0 spiro atoms. The highest BCUT2D eigenvalue weighted by atomic mass is 35.5. The lowest BCUT2D eigenvalue weighted by Gasteiger charge is -2.22. The summed E-state index contributed by atoms with van der Waals surface area (Å²) in [5, 5.41) is 4.11. The van der Waals surface area contributed by atoms with Crippen molar-refractivity contribution in [2.45, 2.75) is 0 Å². The summed E-state index contributed by atoms with van der Waals surface area (Å²) in [5.74, 6) is 1.46. The minimum atomic E-state index is 0.565. The molecule has 6 heteroatoms. The first-order chi connectivity index (χ1) is 8.35. The maximum absolute atomic E-state index is 5.79. The summed E-state index contributed by atoms with van der Waals surface area (Å²) in [6.07, 6.45) is 3.62. The Morgan fingerprint density at radius 1 is 1.41 bits per heavy atom. The van der Waals surface area contributed by atoms with E-state index >= 15 is 0 Å². The number of halogens is 1. The molecule has 92 valence electrons. The second kappa shape index (κ2) is 5.84. The molecule has 0 saturated heterocycles. The van der Waals surface area contributed by atoms with E-state index in [1.54, 1.807) is 17.8 Å². The van der Waals surface area contributed by atoms with Crippen molar-refractivity contribution in [3.8, 4) is 0 Å². The summed E-state index contributed by atoms with van der Waals surface area (Å²) in [5.41, 5.74) is 0.833. The van der Waals surface area contributed by atoms with Crippen LogP contribution in [0.25, 0.3) is 5.65 Å². The van der Waals surface area contributed by atoms with Gasteiger partial charge in [0, 0.05) is 38.3 Å². The van der Waals surface area contributed by atoms with Crippen molar-refractivity contribution in [3.63, 3.8) is 0 Å². The zero-order valence-corrected chi connectivity index (χ0v) is 10.5. The zero-order chi connectivity index (χ0) is 12.1. The average Bonchev–Trinajstić information content (AvgIpc) is 2.81. The standard InChI is InChI=1S/C11H15ClN4O/c1-17-9-8-15(7-4-12)10-3-6-16-11(14-10)2-5-13-16/h2-3,5-6H,4,7-9H2,1H3. The Balaban J connectivity index is 2.20. The van der Waals surface area contributed by atoms with Gasteiger partial charge in [-0.3, -0.25) is 0 Å². The van der Waals surface area contributed by atoms with Crippen molar-refractivity contribution >= 4 is 23.1 Å². The predicted octanol–water partition coefficient (Wildman–Crippen LogP) is 1.42. The lowest BCUT2D eigenvalue weighted by atomic mass is 10.4. The highest BCUT2D eigenvalue weighted by molar-refractivity contribution is 6.18. The van der Waals surface area contributed by atoms with Crippen LogP contribution in [-0.4, -0.2) is 47.3 Å². The van der Waals surface area contributed by atoms with Crippen molar-refractivity contribution < 1.29 is 4.74 Å². The lowest BCUT2D eigenvalue weighted by molar-refractivity contribution is 0.205. The van der Waals surface area contributed by atoms with Gasteiger partial charge in [-0.15, -0.1) is 11.6 Å². The first kappa shape index (κ1) is 12.1. The largest absolute Gasteiger partial charge is 0.383 e. The van der Waals surface area contributed by atoms with Gasteiger partial charge in [-0.1, -0.05) is 0 Å². The highest BCUT2D eigenvalue weighted by Crippen LogP contribution is 2.11. The van der Waals surface area contributed by atoms with Gasteiger partial charge in [0.05, 0.1) is 12.8 Å². The highest BCUT2D eigenvalue weighted by Gasteiger charge is 2.08. The molecule has 0 unspecified atom stereocenters. The molecule has 0 aromatic carbocycles. The van der Waals surface area contributed by atoms with Crippen LogP contribution in [0, 0.1) is 0 Å². The molecule has 0 radical (unpaired) electrons. The average molecular weight is 255 g/mol. The number of nitrogens with zero attached hydrogens (tertiary/aromatic N) is 4. The van der Waals surface area contributed by atoms with Crippen molar-refractivity contribution in [1.29, 1.82) is 0 Å². The summed E-state index contributed by atoms with van der Waals surface area (Å²) in [6.45, 7) is 2.19. The lowest BCUT2D eigenvalue weighted by Crippen LogP contribution is -2.30. The second-order valence-corrected chi connectivity index (χ2v) is 3.97. The van der Waals surface area contributed by atoms with Crippen LogP contribution in [0.4, 0.5) is 5.82 Å². The van der Waals surface area contributed by atoms with Gasteiger partial charge in [-0.25, -0.2) is 9.50 Å². The number of rotatable bonds is 6. The molecule has 2 rings (SSSR count). The van der Waals surface area contributed by atoms with Crippen LogP contribution in [0.1, 0.15) is 0 Å². The van der Waals surface area contributed by atoms with Gasteiger partial charge >= 0.3 is 0 Å². The predicted molar refractivity (Wildman–Crippen MR) is 67.8 cm³/mol. The fourth-order valence-electron chi connectivity index (χ4n) is 1.62. The van der Waals surface area contributed by atoms with E-state index in [2.05, 4.69) is 15.0 Å². The normalized spacial score (nSPS) is 10.9. The van der Waals surface area contributed by atoms with Gasteiger partial charge < -0.3 is 9.64 Å². The van der Waals surface area contributed by atoms with Crippen molar-refractivity contribution in [3.05, 3.63) is 24.5 Å². The SMILES string of the molecule is COCCN(CCCl)c1ccn2nccc2n1. The quantitative estimate of drug-likeness (QED) is 0.732. The maximum Gasteiger partial charge on any atom is 0.157 e. The van der Waals surface area contributed by atoms with Crippen LogP contribution in [0.5, 0.6) is 0 Å². The Labute approximate surface area is 105 Å². The zero-order valence-electron chi connectivity index (χ0n) is 9.71. The van der Waals surface area contributed by atoms with Crippen LogP contribution >= 0.6 is 11.6 Å². The van der Waals surface area contributed by atoms with E-state index in [-0.39, 0.29) is 0 Å². The summed E-state index contributed by atoms with van der Waals surface area (Å²) in [6, 6.07) is 3.81. The minimum absolute atomic E-state index is 0.565. The number of hydrogen-bond donors (Lipinski definition) is 0. The molecule has 0 saturated carbocycles. The third-order valence-electron chi connectivity index (χ3n) is 2.49. The van der Waals surface area contributed by atoms with Crippen LogP contribution < -0.4 is 4.90 Å². The molecule has 0 N–H and O–H groups in total. The van der Waals surface area contributed by atoms with Crippen LogP contribution in [0.3, 0.4) is 0 Å². The summed E-state index contributed by atoms with van der Waals surface area (Å²) < 4.78 is 6.82. The fraction of sp³-hybridized carbons (Fsp3) is 0.455. The molecular formula is C11H15ClN4O. The maximum atomic E-state index is 5.79. The second-order valence-electron chi connectivity index (χ2n) is 3.59. The number of aromatic nitrogens is 3. The Morgan fingerprint density at radius 2 is 2.29 bits per heavy atom. The molecule has 0 atom stereocenters. The first-order valence-corrected chi connectivity index (χ1v) is 5.99. The minimum Gasteiger partial charge on any atom is -0.383 e. The molecule has 17 heavy (non-hydrogen) atoms. The van der Waals surface area contributed by atoms with Gasteiger partial charge in [0.25, 0.3) is 0 Å². The Morgan fingerprint density at radius 3 is 3.06 bits per heavy atom. The monoisotopic (exact) mass is 254 g/mol. The molecule has 2 heterocycles. The Kier molecular flexibility index (Phi) is 4.17. The van der Waals surface area contributed by atoms with Crippen molar-refractivity contribution in [2.24, 2.45) is 0 Å². The molecule has 0 aliphatic rings. The van der Waals surface area contributed by atoms with Crippen molar-refractivity contribution in [1.82, 2.24) is 14.6 Å². The number of hydrogen-bond acceptors (Lipinski definition) is 4. The molecular weight excluding hydrogens is 240 g/mol. The van der Waals surface area contributed by atoms with Crippen LogP contribution in [0.15, 0.2) is 24.5 Å². The van der Waals surface area contributed by atoms with Gasteiger partial charge in [0.2, 0.25) is 0 Å². The fourth-order valence-corrected chi connectivity index (χ4v) is 1.83. The third kappa shape index (κ3) is 2.87. The Bertz CT molecular complexity index is 473. The molecule has 0 bridgehead atoms. The number of ether oxygens (including phenoxy) is 1. The molecule has 0 fully saturated rings. The van der Waals surface area contributed by atoms with E-state index in [1.165, 1.54) is 0 Å². The number of methoxy groups -OCH3 is 1.